The van der Waals surface area contributed by atoms with Crippen LogP contribution in [0.4, 0.5) is 13.2 Å². The molecular formula is C14H16F3NO. The highest BCUT2D eigenvalue weighted by Crippen LogP contribution is 2.40. The molecule has 5 heteroatoms. The van der Waals surface area contributed by atoms with E-state index in [2.05, 4.69) is 12.2 Å². The fourth-order valence-corrected chi connectivity index (χ4v) is 2.57. The molecule has 2 aliphatic rings. The summed E-state index contributed by atoms with van der Waals surface area (Å²) in [6.07, 6.45) is -1.84. The van der Waals surface area contributed by atoms with Crippen LogP contribution in [0.25, 0.3) is 0 Å². The number of nitrogens with one attached hydrogen (secondary N) is 1. The molecule has 1 aliphatic heterocycles. The van der Waals surface area contributed by atoms with Crippen LogP contribution in [-0.2, 0) is 6.18 Å². The third-order valence-electron chi connectivity index (χ3n) is 3.92. The van der Waals surface area contributed by atoms with Crippen LogP contribution < -0.4 is 10.1 Å². The number of hydrogen-bond acceptors (Lipinski definition) is 2. The average Bonchev–Trinajstić information content (AvgIpc) is 3.12. The maximum Gasteiger partial charge on any atom is 0.416 e. The van der Waals surface area contributed by atoms with Gasteiger partial charge in [0, 0.05) is 11.6 Å². The summed E-state index contributed by atoms with van der Waals surface area (Å²) in [5, 5.41) is 3.45. The first-order valence-corrected chi connectivity index (χ1v) is 6.55. The first-order chi connectivity index (χ1) is 8.95. The van der Waals surface area contributed by atoms with Crippen molar-refractivity contribution in [1.29, 1.82) is 0 Å². The Hall–Kier alpha value is -1.23. The van der Waals surface area contributed by atoms with Crippen molar-refractivity contribution in [3.05, 3.63) is 29.3 Å². The molecule has 1 N–H and O–H groups in total. The van der Waals surface area contributed by atoms with Crippen molar-refractivity contribution >= 4 is 0 Å². The predicted molar refractivity (Wildman–Crippen MR) is 65.0 cm³/mol. The minimum absolute atomic E-state index is 0.00730. The summed E-state index contributed by atoms with van der Waals surface area (Å²) in [5.74, 6) is 1.06. The van der Waals surface area contributed by atoms with Gasteiger partial charge in [0.2, 0.25) is 0 Å². The van der Waals surface area contributed by atoms with E-state index in [0.717, 1.165) is 17.7 Å². The van der Waals surface area contributed by atoms with Gasteiger partial charge in [-0.3, -0.25) is 0 Å². The molecule has 2 unspecified atom stereocenters. The smallest absolute Gasteiger partial charge is 0.416 e. The average molecular weight is 271 g/mol. The Balaban J connectivity index is 1.77. The fraction of sp³-hybridized carbons (Fsp3) is 0.571. The van der Waals surface area contributed by atoms with Crippen molar-refractivity contribution < 1.29 is 17.9 Å². The van der Waals surface area contributed by atoms with E-state index < -0.39 is 11.7 Å². The van der Waals surface area contributed by atoms with Crippen molar-refractivity contribution in [2.24, 2.45) is 5.92 Å². The lowest BCUT2D eigenvalue weighted by Crippen LogP contribution is -2.32. The van der Waals surface area contributed by atoms with Gasteiger partial charge in [-0.2, -0.15) is 13.2 Å². The summed E-state index contributed by atoms with van der Waals surface area (Å²) in [4.78, 5) is 0. The topological polar surface area (TPSA) is 21.3 Å². The molecule has 0 amide bonds. The van der Waals surface area contributed by atoms with Gasteiger partial charge in [0.1, 0.15) is 12.4 Å². The van der Waals surface area contributed by atoms with E-state index in [0.29, 0.717) is 24.3 Å². The summed E-state index contributed by atoms with van der Waals surface area (Å²) in [6.45, 7) is 2.54. The molecule has 2 nitrogen and oxygen atoms in total. The standard InChI is InChI=1S/C14H16F3NO/c1-8(9-2-3-9)18-12-7-19-13-6-10(14(15,16)17)4-5-11(12)13/h4-6,8-9,12,18H,2-3,7H2,1H3. The van der Waals surface area contributed by atoms with Gasteiger partial charge in [-0.25, -0.2) is 0 Å². The molecule has 1 saturated carbocycles. The SMILES string of the molecule is CC(NC1COc2cc(C(F)(F)F)ccc21)C1CC1. The van der Waals surface area contributed by atoms with Gasteiger partial charge in [-0.15, -0.1) is 0 Å². The van der Waals surface area contributed by atoms with Gasteiger partial charge in [0.25, 0.3) is 0 Å². The monoisotopic (exact) mass is 271 g/mol. The summed E-state index contributed by atoms with van der Waals surface area (Å²) >= 11 is 0. The molecule has 1 aromatic rings. The van der Waals surface area contributed by atoms with Crippen molar-refractivity contribution in [3.8, 4) is 5.75 Å². The number of fused-ring (bicyclic) bond motifs is 1. The largest absolute Gasteiger partial charge is 0.491 e. The molecule has 3 rings (SSSR count). The molecule has 19 heavy (non-hydrogen) atoms. The second-order valence-corrected chi connectivity index (χ2v) is 5.41. The maximum atomic E-state index is 12.6. The molecule has 1 heterocycles. The Labute approximate surface area is 109 Å². The van der Waals surface area contributed by atoms with Gasteiger partial charge >= 0.3 is 6.18 Å². The quantitative estimate of drug-likeness (QED) is 0.908. The Morgan fingerprint density at radius 1 is 1.32 bits per heavy atom. The van der Waals surface area contributed by atoms with Crippen LogP contribution in [0.1, 0.15) is 36.9 Å². The Kier molecular flexibility index (Phi) is 2.96. The summed E-state index contributed by atoms with van der Waals surface area (Å²) in [7, 11) is 0. The van der Waals surface area contributed by atoms with Gasteiger partial charge < -0.3 is 10.1 Å². The number of benzene rings is 1. The minimum atomic E-state index is -4.31. The van der Waals surface area contributed by atoms with Crippen molar-refractivity contribution in [1.82, 2.24) is 5.32 Å². The highest BCUT2D eigenvalue weighted by atomic mass is 19.4. The summed E-state index contributed by atoms with van der Waals surface area (Å²) in [5.41, 5.74) is 0.183. The van der Waals surface area contributed by atoms with Gasteiger partial charge in [-0.05, 0) is 37.8 Å². The van der Waals surface area contributed by atoms with Crippen molar-refractivity contribution in [2.45, 2.75) is 38.0 Å². The van der Waals surface area contributed by atoms with Crippen molar-refractivity contribution in [3.63, 3.8) is 0 Å². The zero-order chi connectivity index (χ0) is 13.6. The molecule has 1 fully saturated rings. The van der Waals surface area contributed by atoms with Crippen LogP contribution in [0.5, 0.6) is 5.75 Å². The Bertz CT molecular complexity index is 482. The van der Waals surface area contributed by atoms with E-state index in [9.17, 15) is 13.2 Å². The van der Waals surface area contributed by atoms with Crippen LogP contribution in [-0.4, -0.2) is 12.6 Å². The summed E-state index contributed by atoms with van der Waals surface area (Å²) < 4.78 is 43.2. The molecule has 1 aliphatic carbocycles. The normalized spacial score (nSPS) is 23.9. The lowest BCUT2D eigenvalue weighted by atomic mass is 10.0. The van der Waals surface area contributed by atoms with E-state index in [1.807, 2.05) is 0 Å². The number of alkyl halides is 3. The number of rotatable bonds is 3. The molecule has 1 aromatic carbocycles. The Morgan fingerprint density at radius 2 is 2.05 bits per heavy atom. The first-order valence-electron chi connectivity index (χ1n) is 6.55. The molecule has 104 valence electrons. The van der Waals surface area contributed by atoms with Gasteiger partial charge in [-0.1, -0.05) is 6.07 Å². The van der Waals surface area contributed by atoms with E-state index in [1.165, 1.54) is 18.9 Å². The second-order valence-electron chi connectivity index (χ2n) is 5.41. The number of halogens is 3. The molecule has 2 atom stereocenters. The maximum absolute atomic E-state index is 12.6. The van der Waals surface area contributed by atoms with Gasteiger partial charge in [0.05, 0.1) is 11.6 Å². The summed E-state index contributed by atoms with van der Waals surface area (Å²) in [6, 6.07) is 4.15. The third kappa shape index (κ3) is 2.56. The minimum Gasteiger partial charge on any atom is -0.491 e. The molecule has 0 spiro atoms. The lowest BCUT2D eigenvalue weighted by Gasteiger charge is -2.18. The van der Waals surface area contributed by atoms with E-state index >= 15 is 0 Å². The second kappa shape index (κ2) is 4.40. The molecule has 0 bridgehead atoms. The molecule has 0 radical (unpaired) electrons. The highest BCUT2D eigenvalue weighted by molar-refractivity contribution is 5.43. The van der Waals surface area contributed by atoms with Crippen LogP contribution in [0, 0.1) is 5.92 Å². The first kappa shape index (κ1) is 12.8. The fourth-order valence-electron chi connectivity index (χ4n) is 2.57. The Morgan fingerprint density at radius 3 is 2.68 bits per heavy atom. The van der Waals surface area contributed by atoms with Crippen LogP contribution >= 0.6 is 0 Å². The van der Waals surface area contributed by atoms with E-state index in [4.69, 9.17) is 4.74 Å². The van der Waals surface area contributed by atoms with Crippen LogP contribution in [0.15, 0.2) is 18.2 Å². The van der Waals surface area contributed by atoms with E-state index in [-0.39, 0.29) is 6.04 Å². The van der Waals surface area contributed by atoms with E-state index in [1.54, 1.807) is 0 Å². The van der Waals surface area contributed by atoms with Gasteiger partial charge in [0.15, 0.2) is 0 Å². The number of ether oxygens (including phenoxy) is 1. The molecule has 0 saturated heterocycles. The number of hydrogen-bond donors (Lipinski definition) is 1. The zero-order valence-corrected chi connectivity index (χ0v) is 10.6. The lowest BCUT2D eigenvalue weighted by molar-refractivity contribution is -0.137. The van der Waals surface area contributed by atoms with Crippen LogP contribution in [0.2, 0.25) is 0 Å². The molecular weight excluding hydrogens is 255 g/mol. The third-order valence-corrected chi connectivity index (χ3v) is 3.92. The predicted octanol–water partition coefficient (Wildman–Crippen LogP) is 3.53. The zero-order valence-electron chi connectivity index (χ0n) is 10.6. The van der Waals surface area contributed by atoms with Crippen molar-refractivity contribution in [2.75, 3.05) is 6.61 Å². The molecule has 0 aromatic heterocycles. The highest BCUT2D eigenvalue weighted by Gasteiger charge is 2.35. The van der Waals surface area contributed by atoms with Crippen LogP contribution in [0.3, 0.4) is 0 Å².